The van der Waals surface area contributed by atoms with Crippen molar-refractivity contribution in [1.29, 1.82) is 0 Å². The zero-order valence-electron chi connectivity index (χ0n) is 11.2. The zero-order chi connectivity index (χ0) is 12.3. The molecule has 2 fully saturated rings. The number of rotatable bonds is 2. The molecular weight excluding hydrogens is 212 g/mol. The predicted molar refractivity (Wildman–Crippen MR) is 69.8 cm³/mol. The van der Waals surface area contributed by atoms with Gasteiger partial charge in [0.2, 0.25) is 5.91 Å². The van der Waals surface area contributed by atoms with E-state index in [1.54, 1.807) is 0 Å². The Kier molecular flexibility index (Phi) is 4.43. The minimum atomic E-state index is 0.224. The highest BCUT2D eigenvalue weighted by Crippen LogP contribution is 2.25. The van der Waals surface area contributed by atoms with E-state index in [1.165, 1.54) is 25.7 Å². The molecular formula is C14H26N2O. The van der Waals surface area contributed by atoms with E-state index in [9.17, 15) is 4.79 Å². The number of carbonyl (C=O) groups is 1. The maximum absolute atomic E-state index is 12.6. The maximum Gasteiger partial charge on any atom is 0.227 e. The molecule has 2 aliphatic rings. The van der Waals surface area contributed by atoms with Gasteiger partial charge >= 0.3 is 0 Å². The van der Waals surface area contributed by atoms with Crippen LogP contribution < -0.4 is 5.32 Å². The molecule has 1 amide bonds. The third kappa shape index (κ3) is 2.82. The van der Waals surface area contributed by atoms with Gasteiger partial charge in [0.15, 0.2) is 0 Å². The summed E-state index contributed by atoms with van der Waals surface area (Å²) in [5.41, 5.74) is 0. The maximum atomic E-state index is 12.6. The topological polar surface area (TPSA) is 32.3 Å². The summed E-state index contributed by atoms with van der Waals surface area (Å²) in [6.07, 6.45) is 6.09. The van der Waals surface area contributed by atoms with Crippen LogP contribution in [0.2, 0.25) is 0 Å². The van der Waals surface area contributed by atoms with Crippen molar-refractivity contribution in [2.45, 2.75) is 52.0 Å². The van der Waals surface area contributed by atoms with E-state index >= 15 is 0 Å². The van der Waals surface area contributed by atoms with Crippen LogP contribution in [-0.4, -0.2) is 36.5 Å². The molecule has 1 unspecified atom stereocenters. The number of nitrogens with one attached hydrogen (secondary N) is 1. The second kappa shape index (κ2) is 5.85. The first-order valence-corrected chi connectivity index (χ1v) is 7.25. The fourth-order valence-electron chi connectivity index (χ4n) is 3.25. The summed E-state index contributed by atoms with van der Waals surface area (Å²) in [6, 6.07) is 0.498. The Bertz CT molecular complexity index is 267. The molecule has 98 valence electrons. The first-order valence-electron chi connectivity index (χ1n) is 7.25. The molecule has 0 radical (unpaired) electrons. The smallest absolute Gasteiger partial charge is 0.227 e. The monoisotopic (exact) mass is 238 g/mol. The SMILES string of the molecule is CCC1CCCCCN1C(=O)[C@@H]1CNC[C@H]1C. The number of hydrogen-bond donors (Lipinski definition) is 1. The standard InChI is InChI=1S/C14H26N2O/c1-3-12-7-5-4-6-8-16(12)14(17)13-10-15-9-11(13)2/h11-13,15H,3-10H2,1-2H3/t11-,12?,13-/m1/s1. The summed E-state index contributed by atoms with van der Waals surface area (Å²) in [6.45, 7) is 7.28. The molecule has 0 aromatic carbocycles. The van der Waals surface area contributed by atoms with Crippen molar-refractivity contribution < 1.29 is 4.79 Å². The molecule has 3 heteroatoms. The Labute approximate surface area is 105 Å². The number of hydrogen-bond acceptors (Lipinski definition) is 2. The van der Waals surface area contributed by atoms with Crippen molar-refractivity contribution >= 4 is 5.91 Å². The van der Waals surface area contributed by atoms with E-state index in [4.69, 9.17) is 0 Å². The molecule has 3 atom stereocenters. The van der Waals surface area contributed by atoms with Gasteiger partial charge in [-0.1, -0.05) is 26.7 Å². The van der Waals surface area contributed by atoms with Crippen LogP contribution >= 0.6 is 0 Å². The number of likely N-dealkylation sites (tertiary alicyclic amines) is 1. The van der Waals surface area contributed by atoms with E-state index in [0.29, 0.717) is 17.9 Å². The second-order valence-corrected chi connectivity index (χ2v) is 5.69. The number of nitrogens with zero attached hydrogens (tertiary/aromatic N) is 1. The van der Waals surface area contributed by atoms with Crippen LogP contribution in [0.5, 0.6) is 0 Å². The molecule has 0 spiro atoms. The van der Waals surface area contributed by atoms with E-state index in [1.807, 2.05) is 0 Å². The highest BCUT2D eigenvalue weighted by molar-refractivity contribution is 5.80. The van der Waals surface area contributed by atoms with Gasteiger partial charge in [-0.25, -0.2) is 0 Å². The number of carbonyl (C=O) groups excluding carboxylic acids is 1. The lowest BCUT2D eigenvalue weighted by molar-refractivity contribution is -0.138. The van der Waals surface area contributed by atoms with Crippen LogP contribution in [0, 0.1) is 11.8 Å². The van der Waals surface area contributed by atoms with Crippen molar-refractivity contribution in [2.24, 2.45) is 11.8 Å². The molecule has 2 heterocycles. The molecule has 0 saturated carbocycles. The predicted octanol–water partition coefficient (Wildman–Crippen LogP) is 2.02. The zero-order valence-corrected chi connectivity index (χ0v) is 11.2. The molecule has 2 aliphatic heterocycles. The summed E-state index contributed by atoms with van der Waals surface area (Å²) < 4.78 is 0. The molecule has 2 rings (SSSR count). The third-order valence-electron chi connectivity index (χ3n) is 4.47. The van der Waals surface area contributed by atoms with Crippen molar-refractivity contribution in [3.63, 3.8) is 0 Å². The Morgan fingerprint density at radius 1 is 1.29 bits per heavy atom. The summed E-state index contributed by atoms with van der Waals surface area (Å²) in [5, 5.41) is 3.34. The van der Waals surface area contributed by atoms with Gasteiger partial charge in [-0.05, 0) is 31.7 Å². The minimum Gasteiger partial charge on any atom is -0.339 e. The van der Waals surface area contributed by atoms with Crippen molar-refractivity contribution in [2.75, 3.05) is 19.6 Å². The molecule has 1 N–H and O–H groups in total. The summed E-state index contributed by atoms with van der Waals surface area (Å²) in [4.78, 5) is 14.8. The summed E-state index contributed by atoms with van der Waals surface area (Å²) >= 11 is 0. The van der Waals surface area contributed by atoms with Crippen LogP contribution in [0.1, 0.15) is 46.0 Å². The summed E-state index contributed by atoms with van der Waals surface area (Å²) in [7, 11) is 0. The van der Waals surface area contributed by atoms with Gasteiger partial charge in [-0.2, -0.15) is 0 Å². The molecule has 3 nitrogen and oxygen atoms in total. The lowest BCUT2D eigenvalue weighted by atomic mass is 9.95. The van der Waals surface area contributed by atoms with Crippen LogP contribution in [0.3, 0.4) is 0 Å². The molecule has 17 heavy (non-hydrogen) atoms. The first kappa shape index (κ1) is 12.9. The van der Waals surface area contributed by atoms with E-state index in [2.05, 4.69) is 24.1 Å². The van der Waals surface area contributed by atoms with Gasteiger partial charge in [0.1, 0.15) is 0 Å². The molecule has 0 aliphatic carbocycles. The quantitative estimate of drug-likeness (QED) is 0.798. The van der Waals surface area contributed by atoms with Crippen molar-refractivity contribution in [1.82, 2.24) is 10.2 Å². The molecule has 0 aromatic rings. The number of amides is 1. The minimum absolute atomic E-state index is 0.224. The Morgan fingerprint density at radius 2 is 2.12 bits per heavy atom. The van der Waals surface area contributed by atoms with Gasteiger partial charge < -0.3 is 10.2 Å². The van der Waals surface area contributed by atoms with E-state index in [0.717, 1.165) is 26.1 Å². The highest BCUT2D eigenvalue weighted by Gasteiger charge is 2.35. The lowest BCUT2D eigenvalue weighted by Gasteiger charge is -2.32. The summed E-state index contributed by atoms with van der Waals surface area (Å²) in [5.74, 6) is 1.14. The Morgan fingerprint density at radius 3 is 2.76 bits per heavy atom. The first-order chi connectivity index (χ1) is 8.24. The lowest BCUT2D eigenvalue weighted by Crippen LogP contribution is -2.44. The second-order valence-electron chi connectivity index (χ2n) is 5.69. The average Bonchev–Trinajstić information content (AvgIpc) is 2.64. The van der Waals surface area contributed by atoms with E-state index in [-0.39, 0.29) is 5.92 Å². The molecule has 2 saturated heterocycles. The normalized spacial score (nSPS) is 34.7. The molecule has 0 bridgehead atoms. The van der Waals surface area contributed by atoms with E-state index < -0.39 is 0 Å². The Balaban J connectivity index is 2.04. The molecule has 0 aromatic heterocycles. The van der Waals surface area contributed by atoms with Crippen LogP contribution in [0.15, 0.2) is 0 Å². The van der Waals surface area contributed by atoms with Gasteiger partial charge in [0.25, 0.3) is 0 Å². The fraction of sp³-hybridized carbons (Fsp3) is 0.929. The largest absolute Gasteiger partial charge is 0.339 e. The third-order valence-corrected chi connectivity index (χ3v) is 4.47. The van der Waals surface area contributed by atoms with Crippen molar-refractivity contribution in [3.8, 4) is 0 Å². The van der Waals surface area contributed by atoms with Gasteiger partial charge in [-0.15, -0.1) is 0 Å². The van der Waals surface area contributed by atoms with Crippen LogP contribution in [0.25, 0.3) is 0 Å². The highest BCUT2D eigenvalue weighted by atomic mass is 16.2. The average molecular weight is 238 g/mol. The van der Waals surface area contributed by atoms with Crippen LogP contribution in [-0.2, 0) is 4.79 Å². The Hall–Kier alpha value is -0.570. The van der Waals surface area contributed by atoms with Gasteiger partial charge in [0.05, 0.1) is 5.92 Å². The van der Waals surface area contributed by atoms with Gasteiger partial charge in [0, 0.05) is 19.1 Å². The van der Waals surface area contributed by atoms with Crippen molar-refractivity contribution in [3.05, 3.63) is 0 Å². The fourth-order valence-corrected chi connectivity index (χ4v) is 3.25. The van der Waals surface area contributed by atoms with Crippen LogP contribution in [0.4, 0.5) is 0 Å². The van der Waals surface area contributed by atoms with Gasteiger partial charge in [-0.3, -0.25) is 4.79 Å².